The Balaban J connectivity index is 1.47. The van der Waals surface area contributed by atoms with E-state index < -0.39 is 0 Å². The third-order valence-corrected chi connectivity index (χ3v) is 6.65. The van der Waals surface area contributed by atoms with Gasteiger partial charge in [0.1, 0.15) is 5.82 Å². The van der Waals surface area contributed by atoms with Gasteiger partial charge in [0.25, 0.3) is 0 Å². The van der Waals surface area contributed by atoms with Crippen molar-refractivity contribution >= 4 is 28.5 Å². The van der Waals surface area contributed by atoms with Crippen LogP contribution in [-0.4, -0.2) is 38.3 Å². The number of nitrogens with zero attached hydrogens (tertiary/aromatic N) is 3. The number of rotatable bonds is 7. The number of nitrogens with one attached hydrogen (secondary N) is 4. The molecule has 1 aliphatic heterocycles. The van der Waals surface area contributed by atoms with Crippen LogP contribution in [0.1, 0.15) is 69.5 Å². The molecule has 164 valence electrons. The molecule has 0 bridgehead atoms. The van der Waals surface area contributed by atoms with Crippen molar-refractivity contribution < 1.29 is 0 Å². The van der Waals surface area contributed by atoms with Gasteiger partial charge in [-0.15, -0.1) is 0 Å². The zero-order chi connectivity index (χ0) is 21.4. The predicted molar refractivity (Wildman–Crippen MR) is 126 cm³/mol. The lowest BCUT2D eigenvalue weighted by Crippen LogP contribution is -2.49. The zero-order valence-corrected chi connectivity index (χ0v) is 18.7. The summed E-state index contributed by atoms with van der Waals surface area (Å²) in [5, 5.41) is 19.2. The number of aromatic nitrogens is 4. The molecular formula is C24H33N7. The van der Waals surface area contributed by atoms with Crippen LogP contribution in [0.5, 0.6) is 0 Å². The Labute approximate surface area is 183 Å². The van der Waals surface area contributed by atoms with Crippen LogP contribution in [0.4, 0.5) is 17.6 Å². The minimum Gasteiger partial charge on any atom is -0.351 e. The third-order valence-electron chi connectivity index (χ3n) is 6.65. The molecule has 2 fully saturated rings. The number of aromatic amines is 1. The van der Waals surface area contributed by atoms with E-state index in [1.54, 1.807) is 0 Å². The number of hydrogen-bond acceptors (Lipinski definition) is 6. The number of H-pyrrole nitrogens is 1. The Bertz CT molecular complexity index is 1040. The maximum atomic E-state index is 4.94. The Hall–Kier alpha value is -2.67. The second-order valence-electron chi connectivity index (χ2n) is 9.20. The Morgan fingerprint density at radius 3 is 2.45 bits per heavy atom. The van der Waals surface area contributed by atoms with E-state index in [1.165, 1.54) is 18.4 Å². The van der Waals surface area contributed by atoms with Crippen LogP contribution in [0.3, 0.4) is 0 Å². The van der Waals surface area contributed by atoms with Gasteiger partial charge in [-0.05, 0) is 69.1 Å². The van der Waals surface area contributed by atoms with Gasteiger partial charge in [-0.3, -0.25) is 5.10 Å². The van der Waals surface area contributed by atoms with Crippen molar-refractivity contribution in [2.75, 3.05) is 10.6 Å². The summed E-state index contributed by atoms with van der Waals surface area (Å²) in [6, 6.07) is 10.1. The predicted octanol–water partition coefficient (Wildman–Crippen LogP) is 5.00. The molecular weight excluding hydrogens is 386 g/mol. The minimum atomic E-state index is 0.376. The third kappa shape index (κ3) is 4.51. The van der Waals surface area contributed by atoms with Gasteiger partial charge in [-0.1, -0.05) is 19.9 Å². The van der Waals surface area contributed by atoms with Crippen molar-refractivity contribution in [3.63, 3.8) is 0 Å². The van der Waals surface area contributed by atoms with Crippen molar-refractivity contribution in [2.24, 2.45) is 0 Å². The molecule has 1 saturated heterocycles. The highest BCUT2D eigenvalue weighted by Gasteiger charge is 2.27. The van der Waals surface area contributed by atoms with E-state index in [-0.39, 0.29) is 0 Å². The summed E-state index contributed by atoms with van der Waals surface area (Å²) in [4.78, 5) is 9.82. The van der Waals surface area contributed by atoms with Crippen LogP contribution in [0.25, 0.3) is 10.9 Å². The molecule has 5 rings (SSSR count). The fourth-order valence-electron chi connectivity index (χ4n) is 4.70. The highest BCUT2D eigenvalue weighted by molar-refractivity contribution is 5.92. The van der Waals surface area contributed by atoms with E-state index in [2.05, 4.69) is 58.2 Å². The van der Waals surface area contributed by atoms with Crippen molar-refractivity contribution in [3.05, 3.63) is 35.5 Å². The lowest BCUT2D eigenvalue weighted by molar-refractivity contribution is 0.289. The van der Waals surface area contributed by atoms with Crippen LogP contribution in [0, 0.1) is 6.92 Å². The highest BCUT2D eigenvalue weighted by atomic mass is 15.2. The normalized spacial score (nSPS) is 23.8. The lowest BCUT2D eigenvalue weighted by atomic mass is 9.91. The first-order valence-electron chi connectivity index (χ1n) is 11.7. The zero-order valence-electron chi connectivity index (χ0n) is 18.7. The molecule has 2 aliphatic rings. The molecule has 1 saturated carbocycles. The number of anilines is 3. The number of aryl methyl sites for hydroxylation is 1. The van der Waals surface area contributed by atoms with Crippen molar-refractivity contribution in [1.82, 2.24) is 25.5 Å². The van der Waals surface area contributed by atoms with Gasteiger partial charge >= 0.3 is 0 Å². The lowest BCUT2D eigenvalue weighted by Gasteiger charge is -2.36. The summed E-state index contributed by atoms with van der Waals surface area (Å²) < 4.78 is 0. The molecule has 31 heavy (non-hydrogen) atoms. The van der Waals surface area contributed by atoms with Crippen molar-refractivity contribution in [3.8, 4) is 0 Å². The van der Waals surface area contributed by atoms with Gasteiger partial charge < -0.3 is 16.0 Å². The number of hydrogen-bond donors (Lipinski definition) is 4. The van der Waals surface area contributed by atoms with Crippen molar-refractivity contribution in [1.29, 1.82) is 0 Å². The number of piperidine rings is 1. The van der Waals surface area contributed by atoms with Gasteiger partial charge in [0.15, 0.2) is 5.82 Å². The first-order chi connectivity index (χ1) is 15.1. The van der Waals surface area contributed by atoms with Crippen LogP contribution < -0.4 is 16.0 Å². The topological polar surface area (TPSA) is 90.5 Å². The van der Waals surface area contributed by atoms with E-state index in [4.69, 9.17) is 9.97 Å². The van der Waals surface area contributed by atoms with Gasteiger partial charge in [-0.25, -0.2) is 4.98 Å². The largest absolute Gasteiger partial charge is 0.351 e. The molecule has 0 radical (unpaired) electrons. The van der Waals surface area contributed by atoms with Crippen LogP contribution in [0.15, 0.2) is 24.3 Å². The summed E-state index contributed by atoms with van der Waals surface area (Å²) >= 11 is 0. The molecule has 7 nitrogen and oxygen atoms in total. The fraction of sp³-hybridized carbons (Fsp3) is 0.542. The Morgan fingerprint density at radius 1 is 1.03 bits per heavy atom. The minimum absolute atomic E-state index is 0.376. The van der Waals surface area contributed by atoms with E-state index in [0.29, 0.717) is 30.0 Å². The molecule has 0 amide bonds. The summed E-state index contributed by atoms with van der Waals surface area (Å²) in [6.07, 6.45) is 7.04. The van der Waals surface area contributed by atoms with Gasteiger partial charge in [-0.2, -0.15) is 10.1 Å². The molecule has 3 aromatic rings. The van der Waals surface area contributed by atoms with Gasteiger partial charge in [0, 0.05) is 35.3 Å². The summed E-state index contributed by atoms with van der Waals surface area (Å²) in [7, 11) is 0. The quantitative estimate of drug-likeness (QED) is 0.431. The molecule has 0 spiro atoms. The van der Waals surface area contributed by atoms with E-state index in [1.807, 2.05) is 13.0 Å². The second-order valence-corrected chi connectivity index (χ2v) is 9.20. The van der Waals surface area contributed by atoms with Crippen LogP contribution >= 0.6 is 0 Å². The number of benzene rings is 1. The average molecular weight is 420 g/mol. The van der Waals surface area contributed by atoms with E-state index in [0.717, 1.165) is 53.9 Å². The Kier molecular flexibility index (Phi) is 5.52. The average Bonchev–Trinajstić information content (AvgIpc) is 3.55. The molecule has 7 heteroatoms. The monoisotopic (exact) mass is 419 g/mol. The summed E-state index contributed by atoms with van der Waals surface area (Å²) in [5.41, 5.74) is 3.39. The van der Waals surface area contributed by atoms with E-state index in [9.17, 15) is 0 Å². The Morgan fingerprint density at radius 2 is 1.81 bits per heavy atom. The SMILES string of the molecule is CCC1CC(Nc2nc(Nc3cc(C)[nH]n3)c3ccc(C4CC4)cc3n2)CC(CC)N1. The van der Waals surface area contributed by atoms with Crippen LogP contribution in [0.2, 0.25) is 0 Å². The molecule has 2 aromatic heterocycles. The molecule has 4 N–H and O–H groups in total. The second kappa shape index (κ2) is 8.46. The molecule has 2 atom stereocenters. The fourth-order valence-corrected chi connectivity index (χ4v) is 4.70. The van der Waals surface area contributed by atoms with Crippen LogP contribution in [-0.2, 0) is 0 Å². The maximum Gasteiger partial charge on any atom is 0.225 e. The summed E-state index contributed by atoms with van der Waals surface area (Å²) in [5.74, 6) is 2.97. The van der Waals surface area contributed by atoms with Crippen molar-refractivity contribution in [2.45, 2.75) is 83.3 Å². The highest BCUT2D eigenvalue weighted by Crippen LogP contribution is 2.41. The maximum absolute atomic E-state index is 4.94. The molecule has 1 aromatic carbocycles. The first-order valence-corrected chi connectivity index (χ1v) is 11.7. The van der Waals surface area contributed by atoms with Gasteiger partial charge in [0.05, 0.1) is 5.52 Å². The van der Waals surface area contributed by atoms with E-state index >= 15 is 0 Å². The smallest absolute Gasteiger partial charge is 0.225 e. The standard InChI is InChI=1S/C24H33N7/c1-4-17-12-19(13-18(5-2)25-17)26-24-27-21-11-16(15-6-7-15)8-9-20(21)23(29-24)28-22-10-14(3)30-31-22/h8-11,15,17-19,25H,4-7,12-13H2,1-3H3,(H3,26,27,28,29,30,31). The molecule has 1 aliphatic carbocycles. The first kappa shape index (κ1) is 20.2. The molecule has 2 unspecified atom stereocenters. The van der Waals surface area contributed by atoms with Gasteiger partial charge in [0.2, 0.25) is 5.95 Å². The summed E-state index contributed by atoms with van der Waals surface area (Å²) in [6.45, 7) is 6.51. The number of fused-ring (bicyclic) bond motifs is 1. The molecule has 3 heterocycles.